The Balaban J connectivity index is 1.68. The van der Waals surface area contributed by atoms with E-state index in [1.54, 1.807) is 4.90 Å². The number of fused-ring (bicyclic) bond motifs is 2. The lowest BCUT2D eigenvalue weighted by molar-refractivity contribution is -0.129. The van der Waals surface area contributed by atoms with E-state index in [0.29, 0.717) is 6.42 Å². The van der Waals surface area contributed by atoms with E-state index in [1.807, 2.05) is 14.1 Å². The van der Waals surface area contributed by atoms with Gasteiger partial charge in [-0.15, -0.1) is 0 Å². The maximum atomic E-state index is 12.8. The molecule has 176 valence electrons. The third-order valence-electron chi connectivity index (χ3n) is 8.82. The van der Waals surface area contributed by atoms with Gasteiger partial charge >= 0.3 is 0 Å². The normalized spacial score (nSPS) is 28.3. The largest absolute Gasteiger partial charge is 0.349 e. The van der Waals surface area contributed by atoms with Gasteiger partial charge in [0.05, 0.1) is 0 Å². The van der Waals surface area contributed by atoms with Gasteiger partial charge in [0.25, 0.3) is 0 Å². The van der Waals surface area contributed by atoms with Crippen LogP contribution in [0.25, 0.3) is 0 Å². The van der Waals surface area contributed by atoms with Gasteiger partial charge in [-0.05, 0) is 71.5 Å². The second-order valence-electron chi connectivity index (χ2n) is 11.1. The fraction of sp³-hybridized carbons (Fsp3) is 0.406. The van der Waals surface area contributed by atoms with Gasteiger partial charge in [0.1, 0.15) is 0 Å². The zero-order valence-corrected chi connectivity index (χ0v) is 20.7. The first-order chi connectivity index (χ1) is 16.5. The van der Waals surface area contributed by atoms with E-state index in [-0.39, 0.29) is 22.2 Å². The van der Waals surface area contributed by atoms with E-state index in [2.05, 4.69) is 91.0 Å². The third kappa shape index (κ3) is 4.08. The van der Waals surface area contributed by atoms with E-state index in [1.165, 1.54) is 42.4 Å². The summed E-state index contributed by atoms with van der Waals surface area (Å²) >= 11 is 0. The van der Waals surface area contributed by atoms with Crippen LogP contribution in [0.1, 0.15) is 68.1 Å². The van der Waals surface area contributed by atoms with Gasteiger partial charge in [-0.1, -0.05) is 97.4 Å². The van der Waals surface area contributed by atoms with E-state index in [9.17, 15) is 4.79 Å². The summed E-state index contributed by atoms with van der Waals surface area (Å²) in [5, 5.41) is 0. The number of hydrogen-bond acceptors (Lipinski definition) is 1. The van der Waals surface area contributed by atoms with Crippen molar-refractivity contribution in [2.75, 3.05) is 14.1 Å². The molecular formula is C32H37NO. The molecule has 2 unspecified atom stereocenters. The van der Waals surface area contributed by atoms with Crippen LogP contribution in [0.2, 0.25) is 0 Å². The SMILES string of the molecule is CN(C)C(=O)CCC1(c2ccccc2)CC2(c3ccccc3)CCCC(c3ccccc3)(C2)C1. The van der Waals surface area contributed by atoms with Crippen molar-refractivity contribution in [3.05, 3.63) is 108 Å². The molecule has 0 saturated heterocycles. The summed E-state index contributed by atoms with van der Waals surface area (Å²) in [6.45, 7) is 0. The van der Waals surface area contributed by atoms with Gasteiger partial charge in [0, 0.05) is 20.5 Å². The summed E-state index contributed by atoms with van der Waals surface area (Å²) in [4.78, 5) is 14.6. The fourth-order valence-electron chi connectivity index (χ4n) is 7.42. The molecule has 2 saturated carbocycles. The minimum atomic E-state index is -0.0305. The van der Waals surface area contributed by atoms with Crippen molar-refractivity contribution < 1.29 is 4.79 Å². The maximum absolute atomic E-state index is 12.8. The molecule has 5 rings (SSSR count). The van der Waals surface area contributed by atoms with Gasteiger partial charge < -0.3 is 4.90 Å². The maximum Gasteiger partial charge on any atom is 0.222 e. The molecule has 2 fully saturated rings. The number of carbonyl (C=O) groups excluding carboxylic acids is 1. The predicted octanol–water partition coefficient (Wildman–Crippen LogP) is 7.04. The molecule has 2 aliphatic rings. The quantitative estimate of drug-likeness (QED) is 0.394. The summed E-state index contributed by atoms with van der Waals surface area (Å²) in [5.41, 5.74) is 4.60. The smallest absolute Gasteiger partial charge is 0.222 e. The molecule has 0 spiro atoms. The lowest BCUT2D eigenvalue weighted by Gasteiger charge is -2.60. The average molecular weight is 452 g/mol. The highest BCUT2D eigenvalue weighted by Gasteiger charge is 2.57. The molecule has 0 radical (unpaired) electrons. The molecule has 2 aliphatic carbocycles. The van der Waals surface area contributed by atoms with E-state index >= 15 is 0 Å². The first-order valence-electron chi connectivity index (χ1n) is 12.8. The lowest BCUT2D eigenvalue weighted by atomic mass is 9.43. The molecular weight excluding hydrogens is 414 g/mol. The van der Waals surface area contributed by atoms with Gasteiger partial charge in [-0.25, -0.2) is 0 Å². The van der Waals surface area contributed by atoms with Crippen molar-refractivity contribution in [1.82, 2.24) is 4.90 Å². The average Bonchev–Trinajstić information content (AvgIpc) is 2.88. The van der Waals surface area contributed by atoms with Crippen LogP contribution < -0.4 is 0 Å². The Hall–Kier alpha value is -2.87. The Morgan fingerprint density at radius 1 is 0.676 bits per heavy atom. The van der Waals surface area contributed by atoms with Crippen LogP contribution >= 0.6 is 0 Å². The summed E-state index contributed by atoms with van der Waals surface area (Å²) < 4.78 is 0. The Bertz CT molecular complexity index is 1050. The highest BCUT2D eigenvalue weighted by atomic mass is 16.2. The number of hydrogen-bond donors (Lipinski definition) is 0. The van der Waals surface area contributed by atoms with Crippen LogP contribution in [0.5, 0.6) is 0 Å². The van der Waals surface area contributed by atoms with Crippen molar-refractivity contribution in [3.8, 4) is 0 Å². The van der Waals surface area contributed by atoms with E-state index < -0.39 is 0 Å². The van der Waals surface area contributed by atoms with Crippen molar-refractivity contribution in [2.45, 2.75) is 67.6 Å². The van der Waals surface area contributed by atoms with Crippen molar-refractivity contribution in [2.24, 2.45) is 0 Å². The number of carbonyl (C=O) groups is 1. The lowest BCUT2D eigenvalue weighted by Crippen LogP contribution is -2.55. The molecule has 2 atom stereocenters. The zero-order valence-electron chi connectivity index (χ0n) is 20.7. The van der Waals surface area contributed by atoms with Crippen LogP contribution in [0.3, 0.4) is 0 Å². The second kappa shape index (κ2) is 9.06. The van der Waals surface area contributed by atoms with Crippen molar-refractivity contribution >= 4 is 5.91 Å². The van der Waals surface area contributed by atoms with Crippen LogP contribution in [0.15, 0.2) is 91.0 Å². The Labute approximate surface area is 205 Å². The van der Waals surface area contributed by atoms with Gasteiger partial charge in [-0.3, -0.25) is 4.79 Å². The molecule has 2 bridgehead atoms. The fourth-order valence-corrected chi connectivity index (χ4v) is 7.42. The molecule has 34 heavy (non-hydrogen) atoms. The summed E-state index contributed by atoms with van der Waals surface area (Å²) in [6.07, 6.45) is 8.63. The highest BCUT2D eigenvalue weighted by molar-refractivity contribution is 5.75. The molecule has 2 nitrogen and oxygen atoms in total. The first kappa shape index (κ1) is 22.9. The molecule has 2 heteroatoms. The number of nitrogens with zero attached hydrogens (tertiary/aromatic N) is 1. The Morgan fingerprint density at radius 3 is 1.56 bits per heavy atom. The standard InChI is InChI=1S/C32H37NO/c1-33(2)29(34)19-22-32(28-17-10-5-11-18-28)24-30(26-13-6-3-7-14-26)20-12-21-31(23-30,25-32)27-15-8-4-9-16-27/h3-11,13-18H,12,19-25H2,1-2H3. The first-order valence-corrected chi connectivity index (χ1v) is 12.8. The summed E-state index contributed by atoms with van der Waals surface area (Å²) in [7, 11) is 3.76. The summed E-state index contributed by atoms with van der Waals surface area (Å²) in [5.74, 6) is 0.230. The van der Waals surface area contributed by atoms with Gasteiger partial charge in [-0.2, -0.15) is 0 Å². The van der Waals surface area contributed by atoms with Crippen LogP contribution in [0, 0.1) is 0 Å². The molecule has 3 aromatic rings. The number of benzene rings is 3. The van der Waals surface area contributed by atoms with Crippen LogP contribution in [-0.2, 0) is 21.0 Å². The van der Waals surface area contributed by atoms with Crippen molar-refractivity contribution in [1.29, 1.82) is 0 Å². The monoisotopic (exact) mass is 451 g/mol. The van der Waals surface area contributed by atoms with Crippen LogP contribution in [-0.4, -0.2) is 24.9 Å². The molecule has 0 aromatic heterocycles. The Kier molecular flexibility index (Phi) is 6.10. The third-order valence-corrected chi connectivity index (χ3v) is 8.82. The number of amides is 1. The summed E-state index contributed by atoms with van der Waals surface area (Å²) in [6, 6.07) is 33.6. The minimum Gasteiger partial charge on any atom is -0.349 e. The molecule has 1 amide bonds. The molecule has 3 aromatic carbocycles. The second-order valence-corrected chi connectivity index (χ2v) is 11.1. The molecule has 0 heterocycles. The molecule has 0 aliphatic heterocycles. The highest BCUT2D eigenvalue weighted by Crippen LogP contribution is 2.64. The van der Waals surface area contributed by atoms with E-state index in [4.69, 9.17) is 0 Å². The Morgan fingerprint density at radius 2 is 1.12 bits per heavy atom. The minimum absolute atomic E-state index is 0.0305. The van der Waals surface area contributed by atoms with Crippen molar-refractivity contribution in [3.63, 3.8) is 0 Å². The zero-order chi connectivity index (χ0) is 23.7. The predicted molar refractivity (Wildman–Crippen MR) is 140 cm³/mol. The molecule has 0 N–H and O–H groups in total. The van der Waals surface area contributed by atoms with Crippen LogP contribution in [0.4, 0.5) is 0 Å². The topological polar surface area (TPSA) is 20.3 Å². The van der Waals surface area contributed by atoms with Gasteiger partial charge in [0.15, 0.2) is 0 Å². The van der Waals surface area contributed by atoms with E-state index in [0.717, 1.165) is 19.3 Å². The number of rotatable bonds is 6. The van der Waals surface area contributed by atoms with Gasteiger partial charge in [0.2, 0.25) is 5.91 Å².